The molecule has 112 valence electrons. The van der Waals surface area contributed by atoms with E-state index in [1.165, 1.54) is 5.56 Å². The van der Waals surface area contributed by atoms with Gasteiger partial charge in [-0.25, -0.2) is 0 Å². The van der Waals surface area contributed by atoms with Gasteiger partial charge in [0.1, 0.15) is 5.75 Å². The first-order valence-corrected chi connectivity index (χ1v) is 7.34. The lowest BCUT2D eigenvalue weighted by Crippen LogP contribution is -2.53. The van der Waals surface area contributed by atoms with Crippen LogP contribution in [0.15, 0.2) is 24.3 Å². The zero-order chi connectivity index (χ0) is 14.5. The van der Waals surface area contributed by atoms with E-state index in [1.54, 1.807) is 7.11 Å². The highest BCUT2D eigenvalue weighted by Crippen LogP contribution is 2.17. The van der Waals surface area contributed by atoms with Crippen molar-refractivity contribution in [2.45, 2.75) is 38.5 Å². The topological polar surface area (TPSA) is 47.7 Å². The van der Waals surface area contributed by atoms with Gasteiger partial charge >= 0.3 is 0 Å². The Morgan fingerprint density at radius 3 is 2.95 bits per heavy atom. The highest BCUT2D eigenvalue weighted by Gasteiger charge is 2.27. The maximum absolute atomic E-state index is 6.34. The van der Waals surface area contributed by atoms with Crippen molar-refractivity contribution in [2.75, 3.05) is 26.8 Å². The summed E-state index contributed by atoms with van der Waals surface area (Å²) in [5, 5.41) is 0. The molecule has 0 bridgehead atoms. The molecule has 1 fully saturated rings. The monoisotopic (exact) mass is 278 g/mol. The van der Waals surface area contributed by atoms with Crippen LogP contribution in [0, 0.1) is 0 Å². The molecule has 1 aliphatic rings. The minimum atomic E-state index is 0.0173. The summed E-state index contributed by atoms with van der Waals surface area (Å²) in [4.78, 5) is 2.43. The van der Waals surface area contributed by atoms with Crippen molar-refractivity contribution < 1.29 is 9.47 Å². The van der Waals surface area contributed by atoms with Crippen LogP contribution in [0.4, 0.5) is 0 Å². The van der Waals surface area contributed by atoms with Gasteiger partial charge in [0.25, 0.3) is 0 Å². The van der Waals surface area contributed by atoms with Crippen LogP contribution in [0.2, 0.25) is 0 Å². The van der Waals surface area contributed by atoms with E-state index >= 15 is 0 Å². The van der Waals surface area contributed by atoms with Crippen molar-refractivity contribution in [1.82, 2.24) is 4.90 Å². The molecule has 2 rings (SSSR count). The second-order valence-electron chi connectivity index (χ2n) is 5.72. The molecule has 1 aromatic carbocycles. The van der Waals surface area contributed by atoms with Gasteiger partial charge in [0.05, 0.1) is 19.8 Å². The molecule has 1 saturated heterocycles. The van der Waals surface area contributed by atoms with Gasteiger partial charge in [0, 0.05) is 25.2 Å². The largest absolute Gasteiger partial charge is 0.497 e. The highest BCUT2D eigenvalue weighted by atomic mass is 16.5. The predicted molar refractivity (Wildman–Crippen MR) is 81.1 cm³/mol. The van der Waals surface area contributed by atoms with Gasteiger partial charge in [-0.2, -0.15) is 0 Å². The minimum Gasteiger partial charge on any atom is -0.497 e. The van der Waals surface area contributed by atoms with Crippen molar-refractivity contribution in [2.24, 2.45) is 5.73 Å². The second kappa shape index (κ2) is 7.07. The summed E-state index contributed by atoms with van der Waals surface area (Å²) >= 11 is 0. The average Bonchev–Trinajstić information content (AvgIpc) is 2.47. The van der Waals surface area contributed by atoms with Crippen molar-refractivity contribution in [3.63, 3.8) is 0 Å². The molecule has 0 amide bonds. The maximum atomic E-state index is 6.34. The van der Waals surface area contributed by atoms with Crippen LogP contribution in [-0.4, -0.2) is 49.9 Å². The van der Waals surface area contributed by atoms with Gasteiger partial charge in [0.2, 0.25) is 0 Å². The van der Waals surface area contributed by atoms with E-state index in [0.717, 1.165) is 31.9 Å². The number of morpholine rings is 1. The van der Waals surface area contributed by atoms with Crippen LogP contribution in [0.25, 0.3) is 0 Å². The lowest BCUT2D eigenvalue weighted by atomic mass is 10.0. The summed E-state index contributed by atoms with van der Waals surface area (Å²) < 4.78 is 11.1. The molecule has 4 nitrogen and oxygen atoms in total. The molecule has 2 unspecified atom stereocenters. The lowest BCUT2D eigenvalue weighted by molar-refractivity contribution is -0.0495. The molecule has 0 aromatic heterocycles. The van der Waals surface area contributed by atoms with E-state index in [2.05, 4.69) is 24.8 Å². The first-order valence-electron chi connectivity index (χ1n) is 7.34. The van der Waals surface area contributed by atoms with E-state index in [9.17, 15) is 0 Å². The first kappa shape index (κ1) is 15.3. The Kier molecular flexibility index (Phi) is 5.40. The molecule has 1 aromatic rings. The Labute approximate surface area is 121 Å². The quantitative estimate of drug-likeness (QED) is 0.890. The number of hydrogen-bond acceptors (Lipinski definition) is 4. The molecule has 2 atom stereocenters. The molecular formula is C16H26N2O2. The van der Waals surface area contributed by atoms with Crippen molar-refractivity contribution in [3.8, 4) is 5.75 Å². The molecule has 0 aliphatic carbocycles. The van der Waals surface area contributed by atoms with Crippen molar-refractivity contribution >= 4 is 0 Å². The first-order chi connectivity index (χ1) is 9.60. The summed E-state index contributed by atoms with van der Waals surface area (Å²) in [7, 11) is 1.68. The van der Waals surface area contributed by atoms with Gasteiger partial charge in [-0.05, 0) is 38.0 Å². The van der Waals surface area contributed by atoms with Gasteiger partial charge in [0.15, 0.2) is 0 Å². The Morgan fingerprint density at radius 2 is 2.25 bits per heavy atom. The summed E-state index contributed by atoms with van der Waals surface area (Å²) in [6.45, 7) is 7.13. The fraction of sp³-hybridized carbons (Fsp3) is 0.625. The van der Waals surface area contributed by atoms with E-state index in [1.807, 2.05) is 18.2 Å². The van der Waals surface area contributed by atoms with Crippen LogP contribution in [-0.2, 0) is 11.2 Å². The summed E-state index contributed by atoms with van der Waals surface area (Å²) in [6, 6.07) is 8.65. The molecule has 20 heavy (non-hydrogen) atoms. The van der Waals surface area contributed by atoms with Crippen LogP contribution in [0.5, 0.6) is 5.75 Å². The maximum Gasteiger partial charge on any atom is 0.119 e. The average molecular weight is 278 g/mol. The van der Waals surface area contributed by atoms with Crippen LogP contribution >= 0.6 is 0 Å². The third kappa shape index (κ3) is 3.95. The Morgan fingerprint density at radius 1 is 1.45 bits per heavy atom. The molecular weight excluding hydrogens is 252 g/mol. The third-order valence-corrected chi connectivity index (χ3v) is 3.94. The molecule has 0 saturated carbocycles. The normalized spacial score (nSPS) is 21.9. The Hall–Kier alpha value is -1.10. The number of rotatable bonds is 5. The number of ether oxygens (including phenoxy) is 2. The summed E-state index contributed by atoms with van der Waals surface area (Å²) in [6.07, 6.45) is 0.922. The molecule has 0 spiro atoms. The summed E-state index contributed by atoms with van der Waals surface area (Å²) in [5.41, 5.74) is 7.54. The van der Waals surface area contributed by atoms with E-state index < -0.39 is 0 Å². The lowest BCUT2D eigenvalue weighted by Gasteiger charge is -2.38. The third-order valence-electron chi connectivity index (χ3n) is 3.94. The van der Waals surface area contributed by atoms with Gasteiger partial charge in [-0.15, -0.1) is 0 Å². The highest BCUT2D eigenvalue weighted by molar-refractivity contribution is 5.29. The molecule has 1 heterocycles. The zero-order valence-electron chi connectivity index (χ0n) is 12.7. The molecule has 4 heteroatoms. The van der Waals surface area contributed by atoms with Crippen LogP contribution in [0.3, 0.4) is 0 Å². The van der Waals surface area contributed by atoms with E-state index in [4.69, 9.17) is 15.2 Å². The fourth-order valence-corrected chi connectivity index (χ4v) is 2.63. The summed E-state index contributed by atoms with van der Waals surface area (Å²) in [5.74, 6) is 0.878. The SMILES string of the molecule is COc1cccc(CC(N)C2CN(C(C)C)CCO2)c1. The van der Waals surface area contributed by atoms with Crippen molar-refractivity contribution in [3.05, 3.63) is 29.8 Å². The predicted octanol–water partition coefficient (Wildman–Crippen LogP) is 1.67. The minimum absolute atomic E-state index is 0.0173. The number of methoxy groups -OCH3 is 1. The van der Waals surface area contributed by atoms with Crippen molar-refractivity contribution in [1.29, 1.82) is 0 Å². The number of nitrogens with two attached hydrogens (primary N) is 1. The number of benzene rings is 1. The van der Waals surface area contributed by atoms with E-state index in [0.29, 0.717) is 6.04 Å². The molecule has 0 radical (unpaired) electrons. The van der Waals surface area contributed by atoms with Crippen LogP contribution in [0.1, 0.15) is 19.4 Å². The molecule has 2 N–H and O–H groups in total. The number of nitrogens with zero attached hydrogens (tertiary/aromatic N) is 1. The Balaban J connectivity index is 1.95. The van der Waals surface area contributed by atoms with Gasteiger partial charge in [-0.3, -0.25) is 4.90 Å². The second-order valence-corrected chi connectivity index (χ2v) is 5.72. The number of hydrogen-bond donors (Lipinski definition) is 1. The zero-order valence-corrected chi connectivity index (χ0v) is 12.7. The standard InChI is InChI=1S/C16H26N2O2/c1-12(2)18-7-8-20-16(11-18)15(17)10-13-5-4-6-14(9-13)19-3/h4-6,9,12,15-16H,7-8,10-11,17H2,1-3H3. The van der Waals surface area contributed by atoms with Gasteiger partial charge < -0.3 is 15.2 Å². The van der Waals surface area contributed by atoms with E-state index in [-0.39, 0.29) is 12.1 Å². The smallest absolute Gasteiger partial charge is 0.119 e. The fourth-order valence-electron chi connectivity index (χ4n) is 2.63. The van der Waals surface area contributed by atoms with Crippen LogP contribution < -0.4 is 10.5 Å². The molecule has 1 aliphatic heterocycles. The Bertz CT molecular complexity index is 423. The van der Waals surface area contributed by atoms with Gasteiger partial charge in [-0.1, -0.05) is 12.1 Å².